The zero-order valence-electron chi connectivity index (χ0n) is 12.1. The number of nitrogens with one attached hydrogen (secondary N) is 1. The second-order valence-electron chi connectivity index (χ2n) is 5.15. The summed E-state index contributed by atoms with van der Waals surface area (Å²) in [5.74, 6) is 0. The van der Waals surface area contributed by atoms with Crippen LogP contribution in [0.3, 0.4) is 0 Å². The Labute approximate surface area is 130 Å². The average molecular weight is 299 g/mol. The Bertz CT molecular complexity index is 746. The van der Waals surface area contributed by atoms with E-state index in [4.69, 9.17) is 11.6 Å². The highest BCUT2D eigenvalue weighted by Gasteiger charge is 2.10. The third kappa shape index (κ3) is 2.97. The van der Waals surface area contributed by atoms with Gasteiger partial charge in [0.05, 0.1) is 0 Å². The second-order valence-corrected chi connectivity index (χ2v) is 5.56. The normalized spacial score (nSPS) is 11.1. The lowest BCUT2D eigenvalue weighted by Crippen LogP contribution is -2.15. The zero-order valence-corrected chi connectivity index (χ0v) is 12.9. The molecule has 21 heavy (non-hydrogen) atoms. The van der Waals surface area contributed by atoms with E-state index in [0.29, 0.717) is 0 Å². The maximum atomic E-state index is 6.32. The summed E-state index contributed by atoms with van der Waals surface area (Å²) in [4.78, 5) is 0. The minimum atomic E-state index is 0.800. The van der Waals surface area contributed by atoms with Crippen LogP contribution in [0.15, 0.2) is 54.6 Å². The highest BCUT2D eigenvalue weighted by Crippen LogP contribution is 2.23. The van der Waals surface area contributed by atoms with Crippen LogP contribution in [0.4, 0.5) is 0 Å². The van der Waals surface area contributed by atoms with Crippen molar-refractivity contribution in [3.63, 3.8) is 0 Å². The largest absolute Gasteiger partial charge is 0.339 e. The Hall–Kier alpha value is -1.77. The Morgan fingerprint density at radius 3 is 2.62 bits per heavy atom. The third-order valence-corrected chi connectivity index (χ3v) is 4.11. The van der Waals surface area contributed by atoms with Crippen molar-refractivity contribution in [2.24, 2.45) is 0 Å². The highest BCUT2D eigenvalue weighted by atomic mass is 35.5. The van der Waals surface area contributed by atoms with Gasteiger partial charge in [0.25, 0.3) is 0 Å². The summed E-state index contributed by atoms with van der Waals surface area (Å²) in [6.07, 6.45) is 0. The third-order valence-electron chi connectivity index (χ3n) is 3.74. The van der Waals surface area contributed by atoms with Crippen LogP contribution in [0.2, 0.25) is 5.02 Å². The first-order valence-corrected chi connectivity index (χ1v) is 7.68. The Kier molecular flexibility index (Phi) is 4.28. The van der Waals surface area contributed by atoms with Gasteiger partial charge >= 0.3 is 0 Å². The van der Waals surface area contributed by atoms with Crippen molar-refractivity contribution in [2.75, 3.05) is 6.54 Å². The van der Waals surface area contributed by atoms with Crippen LogP contribution in [0.5, 0.6) is 0 Å². The summed E-state index contributed by atoms with van der Waals surface area (Å²) in [7, 11) is 0. The van der Waals surface area contributed by atoms with Crippen molar-refractivity contribution in [1.29, 1.82) is 0 Å². The highest BCUT2D eigenvalue weighted by molar-refractivity contribution is 6.31. The molecule has 3 aromatic rings. The molecule has 1 heterocycles. The molecule has 3 heteroatoms. The predicted octanol–water partition coefficient (Wildman–Crippen LogP) is 4.45. The molecule has 108 valence electrons. The number of aromatic nitrogens is 1. The number of hydrogen-bond acceptors (Lipinski definition) is 1. The van der Waals surface area contributed by atoms with Crippen molar-refractivity contribution < 1.29 is 0 Å². The first-order valence-electron chi connectivity index (χ1n) is 7.31. The molecule has 0 atom stereocenters. The van der Waals surface area contributed by atoms with Crippen LogP contribution in [-0.4, -0.2) is 11.1 Å². The van der Waals surface area contributed by atoms with Gasteiger partial charge in [0, 0.05) is 29.3 Å². The van der Waals surface area contributed by atoms with E-state index in [1.54, 1.807) is 0 Å². The first-order chi connectivity index (χ1) is 10.3. The smallest absolute Gasteiger partial charge is 0.0494 e. The van der Waals surface area contributed by atoms with Gasteiger partial charge in [0.1, 0.15) is 0 Å². The van der Waals surface area contributed by atoms with Crippen LogP contribution in [0, 0.1) is 0 Å². The predicted molar refractivity (Wildman–Crippen MR) is 89.9 cm³/mol. The van der Waals surface area contributed by atoms with Gasteiger partial charge in [0.15, 0.2) is 0 Å². The number of benzene rings is 2. The fourth-order valence-corrected chi connectivity index (χ4v) is 2.85. The summed E-state index contributed by atoms with van der Waals surface area (Å²) >= 11 is 6.32. The van der Waals surface area contributed by atoms with E-state index < -0.39 is 0 Å². The van der Waals surface area contributed by atoms with Gasteiger partial charge in [0.2, 0.25) is 0 Å². The Morgan fingerprint density at radius 1 is 1.05 bits per heavy atom. The van der Waals surface area contributed by atoms with Crippen LogP contribution >= 0.6 is 11.6 Å². The molecule has 0 aliphatic heterocycles. The van der Waals surface area contributed by atoms with Crippen molar-refractivity contribution in [3.05, 3.63) is 70.9 Å². The van der Waals surface area contributed by atoms with Gasteiger partial charge in [-0.15, -0.1) is 0 Å². The van der Waals surface area contributed by atoms with Crippen molar-refractivity contribution >= 4 is 22.5 Å². The second kappa shape index (κ2) is 6.33. The van der Waals surface area contributed by atoms with E-state index in [1.165, 1.54) is 16.6 Å². The van der Waals surface area contributed by atoms with Crippen LogP contribution in [0.1, 0.15) is 18.2 Å². The molecule has 1 aromatic heterocycles. The SMILES string of the molecule is CCNCc1cc2ccccc2n1Cc1ccccc1Cl. The van der Waals surface area contributed by atoms with E-state index >= 15 is 0 Å². The molecule has 0 amide bonds. The summed E-state index contributed by atoms with van der Waals surface area (Å²) < 4.78 is 2.35. The summed E-state index contributed by atoms with van der Waals surface area (Å²) in [6.45, 7) is 4.76. The molecule has 3 rings (SSSR count). The minimum absolute atomic E-state index is 0.800. The van der Waals surface area contributed by atoms with Crippen LogP contribution < -0.4 is 5.32 Å². The molecule has 0 bridgehead atoms. The van der Waals surface area contributed by atoms with Gasteiger partial charge in [-0.2, -0.15) is 0 Å². The van der Waals surface area contributed by atoms with E-state index in [9.17, 15) is 0 Å². The van der Waals surface area contributed by atoms with Gasteiger partial charge in [-0.05, 0) is 35.7 Å². The van der Waals surface area contributed by atoms with Gasteiger partial charge in [-0.3, -0.25) is 0 Å². The molecular formula is C18H19ClN2. The monoisotopic (exact) mass is 298 g/mol. The Balaban J connectivity index is 2.04. The maximum absolute atomic E-state index is 6.32. The number of fused-ring (bicyclic) bond motifs is 1. The lowest BCUT2D eigenvalue weighted by Gasteiger charge is -2.12. The van der Waals surface area contributed by atoms with E-state index in [2.05, 4.69) is 53.2 Å². The maximum Gasteiger partial charge on any atom is 0.0494 e. The molecule has 2 nitrogen and oxygen atoms in total. The molecular weight excluding hydrogens is 280 g/mol. The van der Waals surface area contributed by atoms with E-state index in [-0.39, 0.29) is 0 Å². The average Bonchev–Trinajstić information content (AvgIpc) is 2.85. The van der Waals surface area contributed by atoms with Crippen LogP contribution in [-0.2, 0) is 13.1 Å². The topological polar surface area (TPSA) is 17.0 Å². The molecule has 0 radical (unpaired) electrons. The van der Waals surface area contributed by atoms with Gasteiger partial charge in [-0.1, -0.05) is 54.9 Å². The number of halogens is 1. The van der Waals surface area contributed by atoms with E-state index in [1.807, 2.05) is 18.2 Å². The van der Waals surface area contributed by atoms with E-state index in [0.717, 1.165) is 30.2 Å². The molecule has 0 saturated heterocycles. The van der Waals surface area contributed by atoms with Crippen LogP contribution in [0.25, 0.3) is 10.9 Å². The molecule has 0 saturated carbocycles. The van der Waals surface area contributed by atoms with Gasteiger partial charge < -0.3 is 9.88 Å². The first kappa shape index (κ1) is 14.2. The molecule has 0 fully saturated rings. The number of rotatable bonds is 5. The lowest BCUT2D eigenvalue weighted by molar-refractivity contribution is 0.666. The fraction of sp³-hybridized carbons (Fsp3) is 0.222. The zero-order chi connectivity index (χ0) is 14.7. The summed E-state index contributed by atoms with van der Waals surface area (Å²) in [5, 5.41) is 5.51. The van der Waals surface area contributed by atoms with Crippen molar-refractivity contribution in [2.45, 2.75) is 20.0 Å². The lowest BCUT2D eigenvalue weighted by atomic mass is 10.2. The molecule has 0 spiro atoms. The fourth-order valence-electron chi connectivity index (χ4n) is 2.65. The standard InChI is InChI=1S/C18H19ClN2/c1-2-20-12-16-11-14-7-4-6-10-18(14)21(16)13-15-8-3-5-9-17(15)19/h3-11,20H,2,12-13H2,1H3. The minimum Gasteiger partial charge on any atom is -0.339 e. The quantitative estimate of drug-likeness (QED) is 0.736. The number of para-hydroxylation sites is 1. The molecule has 2 aromatic carbocycles. The Morgan fingerprint density at radius 2 is 1.81 bits per heavy atom. The summed E-state index contributed by atoms with van der Waals surface area (Å²) in [6, 6.07) is 18.8. The molecule has 0 unspecified atom stereocenters. The molecule has 0 aliphatic rings. The summed E-state index contributed by atoms with van der Waals surface area (Å²) in [5.41, 5.74) is 3.70. The number of nitrogens with zero attached hydrogens (tertiary/aromatic N) is 1. The van der Waals surface area contributed by atoms with Crippen molar-refractivity contribution in [1.82, 2.24) is 9.88 Å². The van der Waals surface area contributed by atoms with Crippen molar-refractivity contribution in [3.8, 4) is 0 Å². The number of hydrogen-bond donors (Lipinski definition) is 1. The molecule has 1 N–H and O–H groups in total. The molecule has 0 aliphatic carbocycles. The van der Waals surface area contributed by atoms with Gasteiger partial charge in [-0.25, -0.2) is 0 Å².